The number of amides is 1. The number of rotatable bonds is 6. The zero-order valence-electron chi connectivity index (χ0n) is 12.0. The summed E-state index contributed by atoms with van der Waals surface area (Å²) in [7, 11) is 0. The van der Waals surface area contributed by atoms with Crippen LogP contribution in [0.3, 0.4) is 0 Å². The SMILES string of the molecule is CC(CNC(=O)OC(C)(C)C)NCCc1cscn1. The van der Waals surface area contributed by atoms with Crippen LogP contribution in [0.25, 0.3) is 0 Å². The molecule has 6 heteroatoms. The Kier molecular flexibility index (Phi) is 6.24. The third-order valence-corrected chi connectivity index (χ3v) is 2.94. The molecule has 0 aliphatic rings. The maximum atomic E-state index is 11.5. The molecule has 1 heterocycles. The number of ether oxygens (including phenoxy) is 1. The second kappa shape index (κ2) is 7.45. The first-order chi connectivity index (χ1) is 8.87. The van der Waals surface area contributed by atoms with Gasteiger partial charge in [-0.3, -0.25) is 0 Å². The number of aromatic nitrogens is 1. The number of hydrogen-bond donors (Lipinski definition) is 2. The van der Waals surface area contributed by atoms with E-state index in [1.807, 2.05) is 38.6 Å². The van der Waals surface area contributed by atoms with Gasteiger partial charge in [0.1, 0.15) is 5.60 Å². The molecule has 1 rings (SSSR count). The van der Waals surface area contributed by atoms with Crippen LogP contribution in [-0.4, -0.2) is 35.8 Å². The molecule has 1 aromatic rings. The van der Waals surface area contributed by atoms with Crippen LogP contribution < -0.4 is 10.6 Å². The van der Waals surface area contributed by atoms with Crippen LogP contribution in [0.2, 0.25) is 0 Å². The van der Waals surface area contributed by atoms with Crippen LogP contribution in [0.15, 0.2) is 10.9 Å². The van der Waals surface area contributed by atoms with Crippen molar-refractivity contribution < 1.29 is 9.53 Å². The number of alkyl carbamates (subject to hydrolysis) is 1. The molecule has 0 saturated carbocycles. The molecule has 0 bridgehead atoms. The summed E-state index contributed by atoms with van der Waals surface area (Å²) in [6.45, 7) is 8.97. The van der Waals surface area contributed by atoms with Gasteiger partial charge in [-0.15, -0.1) is 11.3 Å². The fourth-order valence-electron chi connectivity index (χ4n) is 1.43. The van der Waals surface area contributed by atoms with Crippen molar-refractivity contribution in [3.8, 4) is 0 Å². The lowest BCUT2D eigenvalue weighted by Crippen LogP contribution is -2.41. The summed E-state index contributed by atoms with van der Waals surface area (Å²) in [4.78, 5) is 15.7. The van der Waals surface area contributed by atoms with E-state index in [-0.39, 0.29) is 12.1 Å². The number of hydrogen-bond acceptors (Lipinski definition) is 5. The first kappa shape index (κ1) is 15.9. The summed E-state index contributed by atoms with van der Waals surface area (Å²) < 4.78 is 5.17. The highest BCUT2D eigenvalue weighted by Crippen LogP contribution is 2.06. The van der Waals surface area contributed by atoms with Crippen molar-refractivity contribution >= 4 is 17.4 Å². The minimum absolute atomic E-state index is 0.200. The van der Waals surface area contributed by atoms with Gasteiger partial charge in [0.15, 0.2) is 0 Å². The summed E-state index contributed by atoms with van der Waals surface area (Å²) in [5, 5.41) is 8.13. The summed E-state index contributed by atoms with van der Waals surface area (Å²) in [6.07, 6.45) is 0.529. The second-order valence-corrected chi connectivity index (χ2v) is 6.19. The summed E-state index contributed by atoms with van der Waals surface area (Å²) in [6, 6.07) is 0.200. The van der Waals surface area contributed by atoms with Crippen molar-refractivity contribution in [2.45, 2.75) is 45.8 Å². The van der Waals surface area contributed by atoms with Crippen LogP contribution in [0.4, 0.5) is 4.79 Å². The third kappa shape index (κ3) is 7.79. The van der Waals surface area contributed by atoms with Crippen LogP contribution in [-0.2, 0) is 11.2 Å². The number of thiazole rings is 1. The van der Waals surface area contributed by atoms with E-state index in [0.717, 1.165) is 18.7 Å². The molecule has 0 fully saturated rings. The van der Waals surface area contributed by atoms with Gasteiger partial charge in [-0.25, -0.2) is 9.78 Å². The average Bonchev–Trinajstić information content (AvgIpc) is 2.77. The smallest absolute Gasteiger partial charge is 0.407 e. The van der Waals surface area contributed by atoms with Gasteiger partial charge in [-0.1, -0.05) is 0 Å². The largest absolute Gasteiger partial charge is 0.444 e. The molecule has 19 heavy (non-hydrogen) atoms. The summed E-state index contributed by atoms with van der Waals surface area (Å²) >= 11 is 1.61. The fraction of sp³-hybridized carbons (Fsp3) is 0.692. The number of nitrogens with one attached hydrogen (secondary N) is 2. The van der Waals surface area contributed by atoms with Crippen LogP contribution in [0.1, 0.15) is 33.4 Å². The van der Waals surface area contributed by atoms with E-state index in [1.54, 1.807) is 11.3 Å². The van der Waals surface area contributed by atoms with Gasteiger partial charge < -0.3 is 15.4 Å². The zero-order chi connectivity index (χ0) is 14.3. The van der Waals surface area contributed by atoms with Gasteiger partial charge in [0.05, 0.1) is 11.2 Å². The fourth-order valence-corrected chi connectivity index (χ4v) is 2.02. The zero-order valence-corrected chi connectivity index (χ0v) is 12.8. The van der Waals surface area contributed by atoms with E-state index in [9.17, 15) is 4.79 Å². The highest BCUT2D eigenvalue weighted by Gasteiger charge is 2.16. The predicted octanol–water partition coefficient (Wildman–Crippen LogP) is 2.19. The van der Waals surface area contributed by atoms with Crippen LogP contribution in [0.5, 0.6) is 0 Å². The van der Waals surface area contributed by atoms with E-state index in [4.69, 9.17) is 4.74 Å². The molecule has 1 unspecified atom stereocenters. The second-order valence-electron chi connectivity index (χ2n) is 5.47. The molecular weight excluding hydrogens is 262 g/mol. The molecule has 1 aromatic heterocycles. The van der Waals surface area contributed by atoms with E-state index in [1.165, 1.54) is 0 Å². The van der Waals surface area contributed by atoms with Crippen molar-refractivity contribution in [1.29, 1.82) is 0 Å². The first-order valence-corrected chi connectivity index (χ1v) is 7.38. The van der Waals surface area contributed by atoms with Gasteiger partial charge >= 0.3 is 6.09 Å². The predicted molar refractivity (Wildman–Crippen MR) is 77.5 cm³/mol. The van der Waals surface area contributed by atoms with E-state index >= 15 is 0 Å². The Morgan fingerprint density at radius 1 is 1.53 bits per heavy atom. The monoisotopic (exact) mass is 285 g/mol. The van der Waals surface area contributed by atoms with Crippen molar-refractivity contribution in [3.63, 3.8) is 0 Å². The van der Waals surface area contributed by atoms with Gasteiger partial charge in [0, 0.05) is 30.9 Å². The molecule has 1 amide bonds. The molecule has 0 saturated heterocycles. The Morgan fingerprint density at radius 3 is 2.84 bits per heavy atom. The van der Waals surface area contributed by atoms with Crippen molar-refractivity contribution in [1.82, 2.24) is 15.6 Å². The van der Waals surface area contributed by atoms with Crippen LogP contribution >= 0.6 is 11.3 Å². The maximum absolute atomic E-state index is 11.5. The standard InChI is InChI=1S/C13H23N3O2S/c1-10(7-15-12(17)18-13(2,3)4)14-6-5-11-8-19-9-16-11/h8-10,14H,5-7H2,1-4H3,(H,15,17). The van der Waals surface area contributed by atoms with Gasteiger partial charge in [0.25, 0.3) is 0 Å². The minimum atomic E-state index is -0.453. The molecule has 0 aliphatic carbocycles. The van der Waals surface area contributed by atoms with Crippen LogP contribution in [0, 0.1) is 0 Å². The Hall–Kier alpha value is -1.14. The van der Waals surface area contributed by atoms with E-state index in [0.29, 0.717) is 6.54 Å². The molecule has 0 radical (unpaired) electrons. The highest BCUT2D eigenvalue weighted by molar-refractivity contribution is 7.07. The Morgan fingerprint density at radius 2 is 2.26 bits per heavy atom. The van der Waals surface area contributed by atoms with E-state index in [2.05, 4.69) is 15.6 Å². The lowest BCUT2D eigenvalue weighted by Gasteiger charge is -2.21. The normalized spacial score (nSPS) is 13.1. The molecule has 0 spiro atoms. The molecule has 5 nitrogen and oxygen atoms in total. The van der Waals surface area contributed by atoms with Gasteiger partial charge in [-0.05, 0) is 27.7 Å². The quantitative estimate of drug-likeness (QED) is 0.841. The Labute approximate surface area is 118 Å². The third-order valence-electron chi connectivity index (χ3n) is 2.31. The van der Waals surface area contributed by atoms with E-state index < -0.39 is 5.60 Å². The number of carbonyl (C=O) groups is 1. The van der Waals surface area contributed by atoms with Crippen molar-refractivity contribution in [3.05, 3.63) is 16.6 Å². The molecule has 2 N–H and O–H groups in total. The lowest BCUT2D eigenvalue weighted by molar-refractivity contribution is 0.0523. The van der Waals surface area contributed by atoms with Crippen molar-refractivity contribution in [2.75, 3.05) is 13.1 Å². The topological polar surface area (TPSA) is 63.2 Å². The minimum Gasteiger partial charge on any atom is -0.444 e. The molecule has 0 aliphatic heterocycles. The van der Waals surface area contributed by atoms with Gasteiger partial charge in [-0.2, -0.15) is 0 Å². The summed E-state index contributed by atoms with van der Waals surface area (Å²) in [5.41, 5.74) is 2.48. The average molecular weight is 285 g/mol. The molecule has 0 aromatic carbocycles. The number of carbonyl (C=O) groups excluding carboxylic acids is 1. The number of nitrogens with zero attached hydrogens (tertiary/aromatic N) is 1. The highest BCUT2D eigenvalue weighted by atomic mass is 32.1. The Balaban J connectivity index is 2.10. The lowest BCUT2D eigenvalue weighted by atomic mass is 10.2. The van der Waals surface area contributed by atoms with Crippen molar-refractivity contribution in [2.24, 2.45) is 0 Å². The molecule has 108 valence electrons. The maximum Gasteiger partial charge on any atom is 0.407 e. The molecule has 1 atom stereocenters. The van der Waals surface area contributed by atoms with Gasteiger partial charge in [0.2, 0.25) is 0 Å². The summed E-state index contributed by atoms with van der Waals surface area (Å²) in [5.74, 6) is 0. The first-order valence-electron chi connectivity index (χ1n) is 6.44. The molecular formula is C13H23N3O2S. The Bertz CT molecular complexity index is 374.